The van der Waals surface area contributed by atoms with Crippen molar-refractivity contribution in [1.29, 1.82) is 0 Å². The van der Waals surface area contributed by atoms with Gasteiger partial charge in [0.05, 0.1) is 6.61 Å². The van der Waals surface area contributed by atoms with Gasteiger partial charge >= 0.3 is 0 Å². The van der Waals surface area contributed by atoms with E-state index in [-0.39, 0.29) is 11.7 Å². The van der Waals surface area contributed by atoms with Crippen LogP contribution in [0.15, 0.2) is 71.3 Å². The van der Waals surface area contributed by atoms with Crippen molar-refractivity contribution in [1.82, 2.24) is 10.5 Å². The van der Waals surface area contributed by atoms with Gasteiger partial charge in [0.15, 0.2) is 0 Å². The Hall–Kier alpha value is -2.92. The Balaban J connectivity index is 1.33. The highest BCUT2D eigenvalue weighted by Crippen LogP contribution is 2.18. The van der Waals surface area contributed by atoms with Crippen molar-refractivity contribution in [2.75, 3.05) is 19.8 Å². The molecule has 3 rings (SSSR count). The van der Waals surface area contributed by atoms with E-state index in [9.17, 15) is 4.79 Å². The molecule has 0 atom stereocenters. The average Bonchev–Trinajstić information content (AvgIpc) is 3.19. The smallest absolute Gasteiger partial charge is 0.289 e. The van der Waals surface area contributed by atoms with Crippen molar-refractivity contribution in [2.45, 2.75) is 12.8 Å². The third-order valence-electron chi connectivity index (χ3n) is 3.93. The topological polar surface area (TPSA) is 64.4 Å². The first-order chi connectivity index (χ1) is 12.8. The van der Waals surface area contributed by atoms with Crippen LogP contribution in [0.4, 0.5) is 0 Å². The van der Waals surface area contributed by atoms with Gasteiger partial charge in [0.1, 0.15) is 5.69 Å². The predicted molar refractivity (Wildman–Crippen MR) is 99.9 cm³/mol. The number of hydrogen-bond acceptors (Lipinski definition) is 4. The van der Waals surface area contributed by atoms with E-state index in [0.717, 1.165) is 18.4 Å². The van der Waals surface area contributed by atoms with E-state index in [0.29, 0.717) is 25.5 Å². The molecule has 0 aliphatic rings. The molecule has 5 nitrogen and oxygen atoms in total. The minimum Gasteiger partial charge on any atom is -0.381 e. The third kappa shape index (κ3) is 5.29. The summed E-state index contributed by atoms with van der Waals surface area (Å²) < 4.78 is 10.7. The lowest BCUT2D eigenvalue weighted by Crippen LogP contribution is -2.24. The maximum atomic E-state index is 12.1. The number of hydrogen-bond donors (Lipinski definition) is 1. The fourth-order valence-corrected chi connectivity index (χ4v) is 2.53. The van der Waals surface area contributed by atoms with E-state index in [1.165, 1.54) is 5.56 Å². The summed E-state index contributed by atoms with van der Waals surface area (Å²) in [6, 6.07) is 21.5. The van der Waals surface area contributed by atoms with Crippen molar-refractivity contribution in [3.05, 3.63) is 78.1 Å². The van der Waals surface area contributed by atoms with Crippen LogP contribution in [0.1, 0.15) is 22.5 Å². The van der Waals surface area contributed by atoms with E-state index in [1.807, 2.05) is 48.5 Å². The summed E-state index contributed by atoms with van der Waals surface area (Å²) in [5.74, 6) is -0.0437. The van der Waals surface area contributed by atoms with Gasteiger partial charge in [-0.1, -0.05) is 65.8 Å². The quantitative estimate of drug-likeness (QED) is 0.597. The van der Waals surface area contributed by atoms with Crippen molar-refractivity contribution in [2.24, 2.45) is 0 Å². The van der Waals surface area contributed by atoms with Gasteiger partial charge in [-0.15, -0.1) is 0 Å². The molecule has 2 aromatic carbocycles. The molecule has 26 heavy (non-hydrogen) atoms. The monoisotopic (exact) mass is 350 g/mol. The largest absolute Gasteiger partial charge is 0.381 e. The minimum absolute atomic E-state index is 0.217. The zero-order chi connectivity index (χ0) is 18.0. The predicted octanol–water partition coefficient (Wildman–Crippen LogP) is 3.72. The Morgan fingerprint density at radius 3 is 2.50 bits per heavy atom. The van der Waals surface area contributed by atoms with Crippen molar-refractivity contribution in [3.8, 4) is 11.3 Å². The lowest BCUT2D eigenvalue weighted by atomic mass is 10.1. The summed E-state index contributed by atoms with van der Waals surface area (Å²) in [6.45, 7) is 1.82. The molecule has 5 heteroatoms. The summed E-state index contributed by atoms with van der Waals surface area (Å²) in [5, 5.41) is 6.76. The van der Waals surface area contributed by atoms with E-state index in [2.05, 4.69) is 22.6 Å². The summed E-state index contributed by atoms with van der Waals surface area (Å²) in [4.78, 5) is 12.1. The average molecular weight is 350 g/mol. The standard InChI is InChI=1S/C21H22N2O3/c24-21(20-16-19(23-26-20)18-10-5-2-6-11-18)22-13-7-14-25-15-12-17-8-3-1-4-9-17/h1-6,8-11,16H,7,12-15H2,(H,22,24). The molecule has 1 heterocycles. The zero-order valence-corrected chi connectivity index (χ0v) is 14.6. The molecule has 0 fully saturated rings. The second-order valence-electron chi connectivity index (χ2n) is 5.90. The van der Waals surface area contributed by atoms with Gasteiger partial charge in [0, 0.05) is 24.8 Å². The van der Waals surface area contributed by atoms with Gasteiger partial charge in [0.25, 0.3) is 5.91 Å². The molecule has 0 saturated carbocycles. The minimum atomic E-state index is -0.260. The molecular weight excluding hydrogens is 328 g/mol. The first-order valence-electron chi connectivity index (χ1n) is 8.75. The Labute approximate surface area is 153 Å². The lowest BCUT2D eigenvalue weighted by molar-refractivity contribution is 0.0906. The van der Waals surface area contributed by atoms with Gasteiger partial charge < -0.3 is 14.6 Å². The Morgan fingerprint density at radius 1 is 1.00 bits per heavy atom. The van der Waals surface area contributed by atoms with Crippen LogP contribution in [0.3, 0.4) is 0 Å². The molecule has 1 aromatic heterocycles. The van der Waals surface area contributed by atoms with E-state index >= 15 is 0 Å². The lowest BCUT2D eigenvalue weighted by Gasteiger charge is -2.05. The van der Waals surface area contributed by atoms with Crippen LogP contribution in [0.25, 0.3) is 11.3 Å². The third-order valence-corrected chi connectivity index (χ3v) is 3.93. The summed E-state index contributed by atoms with van der Waals surface area (Å²) in [5.41, 5.74) is 2.84. The molecule has 0 aliphatic carbocycles. The Morgan fingerprint density at radius 2 is 1.73 bits per heavy atom. The molecule has 0 saturated heterocycles. The number of nitrogens with zero attached hydrogens (tertiary/aromatic N) is 1. The molecule has 0 radical (unpaired) electrons. The van der Waals surface area contributed by atoms with Crippen molar-refractivity contribution >= 4 is 5.91 Å². The van der Waals surface area contributed by atoms with Crippen LogP contribution in [-0.4, -0.2) is 30.8 Å². The van der Waals surface area contributed by atoms with Gasteiger partial charge in [-0.3, -0.25) is 4.79 Å². The van der Waals surface area contributed by atoms with Crippen molar-refractivity contribution < 1.29 is 14.1 Å². The van der Waals surface area contributed by atoms with Crippen molar-refractivity contribution in [3.63, 3.8) is 0 Å². The molecule has 1 amide bonds. The fraction of sp³-hybridized carbons (Fsp3) is 0.238. The maximum absolute atomic E-state index is 12.1. The number of carbonyl (C=O) groups excluding carboxylic acids is 1. The number of amides is 1. The molecule has 3 aromatic rings. The highest BCUT2D eigenvalue weighted by molar-refractivity contribution is 5.92. The molecular formula is C21H22N2O3. The highest BCUT2D eigenvalue weighted by atomic mass is 16.5. The summed E-state index contributed by atoms with van der Waals surface area (Å²) >= 11 is 0. The number of carbonyl (C=O) groups is 1. The normalized spacial score (nSPS) is 10.6. The molecule has 0 unspecified atom stereocenters. The highest BCUT2D eigenvalue weighted by Gasteiger charge is 2.13. The second-order valence-corrected chi connectivity index (χ2v) is 5.90. The Kier molecular flexibility index (Phi) is 6.56. The van der Waals surface area contributed by atoms with E-state index in [1.54, 1.807) is 6.07 Å². The number of ether oxygens (including phenoxy) is 1. The number of nitrogens with one attached hydrogen (secondary N) is 1. The van der Waals surface area contributed by atoms with Crippen LogP contribution < -0.4 is 5.32 Å². The van der Waals surface area contributed by atoms with Gasteiger partial charge in [-0.05, 0) is 18.4 Å². The van der Waals surface area contributed by atoms with Gasteiger partial charge in [-0.25, -0.2) is 0 Å². The second kappa shape index (κ2) is 9.53. The SMILES string of the molecule is O=C(NCCCOCCc1ccccc1)c1cc(-c2ccccc2)no1. The van der Waals surface area contributed by atoms with Crippen LogP contribution in [0.2, 0.25) is 0 Å². The molecule has 0 spiro atoms. The summed E-state index contributed by atoms with van der Waals surface area (Å²) in [6.07, 6.45) is 1.65. The molecule has 1 N–H and O–H groups in total. The fourth-order valence-electron chi connectivity index (χ4n) is 2.53. The maximum Gasteiger partial charge on any atom is 0.289 e. The first-order valence-corrected chi connectivity index (χ1v) is 8.75. The van der Waals surface area contributed by atoms with Crippen LogP contribution in [0, 0.1) is 0 Å². The van der Waals surface area contributed by atoms with Crippen LogP contribution in [0.5, 0.6) is 0 Å². The number of aromatic nitrogens is 1. The zero-order valence-electron chi connectivity index (χ0n) is 14.6. The first kappa shape index (κ1) is 17.9. The number of benzene rings is 2. The van der Waals surface area contributed by atoms with E-state index < -0.39 is 0 Å². The molecule has 0 bridgehead atoms. The Bertz CT molecular complexity index is 800. The van der Waals surface area contributed by atoms with Crippen LogP contribution in [-0.2, 0) is 11.2 Å². The van der Waals surface area contributed by atoms with E-state index in [4.69, 9.17) is 9.26 Å². The van der Waals surface area contributed by atoms with Crippen LogP contribution >= 0.6 is 0 Å². The number of rotatable bonds is 9. The molecule has 0 aliphatic heterocycles. The van der Waals surface area contributed by atoms with Gasteiger partial charge in [-0.2, -0.15) is 0 Å². The summed E-state index contributed by atoms with van der Waals surface area (Å²) in [7, 11) is 0. The molecule has 134 valence electrons. The van der Waals surface area contributed by atoms with Gasteiger partial charge in [0.2, 0.25) is 5.76 Å².